The predicted molar refractivity (Wildman–Crippen MR) is 124 cm³/mol. The number of halogens is 2. The summed E-state index contributed by atoms with van der Waals surface area (Å²) >= 11 is 4.24. The summed E-state index contributed by atoms with van der Waals surface area (Å²) in [5.74, 6) is 1.03. The third-order valence-electron chi connectivity index (χ3n) is 5.21. The Kier molecular flexibility index (Phi) is 5.30. The molecule has 2 aliphatic heterocycles. The van der Waals surface area contributed by atoms with E-state index in [0.717, 1.165) is 33.0 Å². The highest BCUT2D eigenvalue weighted by Crippen LogP contribution is 2.46. The molecule has 0 aliphatic carbocycles. The number of ether oxygens (including phenoxy) is 3. The van der Waals surface area contributed by atoms with Crippen LogP contribution in [0.5, 0.6) is 17.2 Å². The zero-order valence-electron chi connectivity index (χ0n) is 15.1. The summed E-state index contributed by atoms with van der Waals surface area (Å²) < 4.78 is 16.1. The first-order valence-corrected chi connectivity index (χ1v) is 14.8. The molecule has 0 bridgehead atoms. The molecule has 0 radical (unpaired) electrons. The van der Waals surface area contributed by atoms with Gasteiger partial charge in [0.1, 0.15) is 12.4 Å². The highest BCUT2D eigenvalue weighted by Gasteiger charge is 2.32. The molecule has 0 saturated carbocycles. The van der Waals surface area contributed by atoms with Crippen LogP contribution in [0.3, 0.4) is 0 Å². The van der Waals surface area contributed by atoms with Crippen LogP contribution in [0.1, 0.15) is 27.0 Å². The first-order chi connectivity index (χ1) is 13.5. The Hall–Kier alpha value is -1.75. The molecule has 3 aromatic rings. The number of benzene rings is 3. The lowest BCUT2D eigenvalue weighted by molar-refractivity contribution is 0.0535. The Morgan fingerprint density at radius 2 is 1.57 bits per heavy atom. The molecule has 2 heterocycles. The fourth-order valence-corrected chi connectivity index (χ4v) is 3.71. The van der Waals surface area contributed by atoms with Crippen molar-refractivity contribution in [2.45, 2.75) is 20.5 Å². The van der Waals surface area contributed by atoms with E-state index in [2.05, 4.69) is 37.2 Å². The number of phenols is 1. The number of fused-ring (bicyclic) bond motifs is 3. The number of hydrogen-bond acceptors (Lipinski definition) is 5. The average molecular weight is 602 g/mol. The van der Waals surface area contributed by atoms with E-state index in [-0.39, 0.29) is 19.1 Å². The third kappa shape index (κ3) is 2.99. The first-order valence-electron chi connectivity index (χ1n) is 8.55. The standard InChI is InChI=1S/C21H16O5.I2/c1-10-5-13-14(6-11(10)2)20(22)15-8-24-21(23)19(15)18(13)12-3-4-16-17(7-12)26-9-25-16;1-2/h3-7,22H,8-9H2,1-2H3;. The molecule has 0 spiro atoms. The Morgan fingerprint density at radius 3 is 2.32 bits per heavy atom. The molecule has 144 valence electrons. The predicted octanol–water partition coefficient (Wildman–Crippen LogP) is 6.00. The van der Waals surface area contributed by atoms with Gasteiger partial charge in [0.25, 0.3) is 0 Å². The van der Waals surface area contributed by atoms with Crippen LogP contribution >= 0.6 is 37.2 Å². The minimum atomic E-state index is -0.414. The highest BCUT2D eigenvalue weighted by atomic mass is 128. The molecule has 3 aromatic carbocycles. The molecule has 0 amide bonds. The summed E-state index contributed by atoms with van der Waals surface area (Å²) in [5, 5.41) is 12.3. The number of rotatable bonds is 1. The van der Waals surface area contributed by atoms with E-state index in [4.69, 9.17) is 14.2 Å². The van der Waals surface area contributed by atoms with Gasteiger partial charge in [-0.25, -0.2) is 4.79 Å². The monoisotopic (exact) mass is 602 g/mol. The van der Waals surface area contributed by atoms with E-state index < -0.39 is 5.97 Å². The van der Waals surface area contributed by atoms with Gasteiger partial charge in [-0.2, -0.15) is 0 Å². The van der Waals surface area contributed by atoms with Gasteiger partial charge in [0.2, 0.25) is 6.79 Å². The summed E-state index contributed by atoms with van der Waals surface area (Å²) in [6.45, 7) is 4.29. The van der Waals surface area contributed by atoms with E-state index in [0.29, 0.717) is 22.6 Å². The Morgan fingerprint density at radius 1 is 0.893 bits per heavy atom. The molecule has 0 fully saturated rings. The second-order valence-electron chi connectivity index (χ2n) is 6.70. The van der Waals surface area contributed by atoms with Gasteiger partial charge in [0, 0.05) is 53.7 Å². The molecular formula is C21H16I2O5. The van der Waals surface area contributed by atoms with Crippen molar-refractivity contribution < 1.29 is 24.1 Å². The number of hydrogen-bond donors (Lipinski definition) is 1. The van der Waals surface area contributed by atoms with Gasteiger partial charge in [0.15, 0.2) is 11.5 Å². The molecule has 1 N–H and O–H groups in total. The maximum Gasteiger partial charge on any atom is 0.339 e. The molecule has 5 rings (SSSR count). The maximum atomic E-state index is 12.5. The molecular weight excluding hydrogens is 586 g/mol. The van der Waals surface area contributed by atoms with Crippen molar-refractivity contribution in [2.24, 2.45) is 0 Å². The van der Waals surface area contributed by atoms with E-state index in [1.807, 2.05) is 44.2 Å². The molecule has 0 unspecified atom stereocenters. The van der Waals surface area contributed by atoms with Crippen LogP contribution in [0.4, 0.5) is 0 Å². The molecule has 2 aliphatic rings. The zero-order chi connectivity index (χ0) is 20.0. The number of aromatic hydroxyl groups is 1. The van der Waals surface area contributed by atoms with E-state index in [9.17, 15) is 9.90 Å². The first kappa shape index (κ1) is 19.6. The van der Waals surface area contributed by atoms with Crippen molar-refractivity contribution in [2.75, 3.05) is 6.79 Å². The van der Waals surface area contributed by atoms with Gasteiger partial charge in [-0.3, -0.25) is 0 Å². The normalized spacial score (nSPS) is 13.8. The Labute approximate surface area is 185 Å². The summed E-state index contributed by atoms with van der Waals surface area (Å²) in [6, 6.07) is 9.58. The highest BCUT2D eigenvalue weighted by molar-refractivity contribution is 15.0. The van der Waals surface area contributed by atoms with Crippen LogP contribution in [-0.4, -0.2) is 17.9 Å². The van der Waals surface area contributed by atoms with Crippen molar-refractivity contribution in [3.63, 3.8) is 0 Å². The number of carbonyl (C=O) groups is 1. The van der Waals surface area contributed by atoms with Crippen LogP contribution in [0.2, 0.25) is 0 Å². The van der Waals surface area contributed by atoms with Gasteiger partial charge >= 0.3 is 5.97 Å². The van der Waals surface area contributed by atoms with Gasteiger partial charge in [0.05, 0.1) is 5.56 Å². The molecule has 28 heavy (non-hydrogen) atoms. The van der Waals surface area contributed by atoms with Gasteiger partial charge in [-0.1, -0.05) is 12.1 Å². The number of cyclic esters (lactones) is 1. The van der Waals surface area contributed by atoms with Gasteiger partial charge in [-0.05, 0) is 54.1 Å². The average Bonchev–Trinajstić information content (AvgIpc) is 3.32. The summed E-state index contributed by atoms with van der Waals surface area (Å²) in [7, 11) is 0. The largest absolute Gasteiger partial charge is 0.507 e. The molecule has 0 atom stereocenters. The summed E-state index contributed by atoms with van der Waals surface area (Å²) in [4.78, 5) is 12.5. The minimum absolute atomic E-state index is 0.0837. The Bertz CT molecular complexity index is 1120. The van der Waals surface area contributed by atoms with Crippen LogP contribution < -0.4 is 9.47 Å². The van der Waals surface area contributed by atoms with E-state index >= 15 is 0 Å². The molecule has 5 nitrogen and oxygen atoms in total. The smallest absolute Gasteiger partial charge is 0.339 e. The quantitative estimate of drug-likeness (QED) is 0.274. The van der Waals surface area contributed by atoms with Gasteiger partial charge in [-0.15, -0.1) is 0 Å². The molecule has 0 saturated heterocycles. The number of esters is 1. The van der Waals surface area contributed by atoms with Crippen molar-refractivity contribution in [1.82, 2.24) is 0 Å². The number of carbonyl (C=O) groups excluding carboxylic acids is 1. The fraction of sp³-hybridized carbons (Fsp3) is 0.190. The van der Waals surface area contributed by atoms with Crippen LogP contribution in [0.25, 0.3) is 21.9 Å². The SMILES string of the molecule is Cc1cc2c(O)c3c(c(-c4ccc5c(c4)OCO5)c2cc1C)C(=O)OC3.II. The third-order valence-corrected chi connectivity index (χ3v) is 5.21. The second-order valence-corrected chi connectivity index (χ2v) is 6.70. The van der Waals surface area contributed by atoms with Crippen molar-refractivity contribution in [3.8, 4) is 28.4 Å². The second kappa shape index (κ2) is 7.58. The number of aryl methyl sites for hydroxylation is 2. The zero-order valence-corrected chi connectivity index (χ0v) is 19.5. The van der Waals surface area contributed by atoms with Crippen LogP contribution in [0.15, 0.2) is 30.3 Å². The summed E-state index contributed by atoms with van der Waals surface area (Å²) in [6.07, 6.45) is 0. The van der Waals surface area contributed by atoms with Gasteiger partial charge < -0.3 is 19.3 Å². The summed E-state index contributed by atoms with van der Waals surface area (Å²) in [5.41, 5.74) is 4.73. The Balaban J connectivity index is 0.000000932. The molecule has 7 heteroatoms. The topological polar surface area (TPSA) is 65.0 Å². The lowest BCUT2D eigenvalue weighted by atomic mass is 9.88. The van der Waals surface area contributed by atoms with E-state index in [1.165, 1.54) is 0 Å². The van der Waals surface area contributed by atoms with Crippen LogP contribution in [0, 0.1) is 13.8 Å². The van der Waals surface area contributed by atoms with Crippen LogP contribution in [-0.2, 0) is 11.3 Å². The maximum absolute atomic E-state index is 12.5. The molecule has 0 aromatic heterocycles. The van der Waals surface area contributed by atoms with Crippen molar-refractivity contribution >= 4 is 54.0 Å². The van der Waals surface area contributed by atoms with E-state index in [1.54, 1.807) is 0 Å². The van der Waals surface area contributed by atoms with Crippen molar-refractivity contribution in [3.05, 3.63) is 52.6 Å². The minimum Gasteiger partial charge on any atom is -0.507 e. The lowest BCUT2D eigenvalue weighted by Gasteiger charge is -2.15. The van der Waals surface area contributed by atoms with Crippen molar-refractivity contribution in [1.29, 1.82) is 0 Å². The lowest BCUT2D eigenvalue weighted by Crippen LogP contribution is -2.00. The number of phenolic OH excluding ortho intramolecular Hbond substituents is 1. The fourth-order valence-electron chi connectivity index (χ4n) is 3.71.